The Morgan fingerprint density at radius 3 is 2.60 bits per heavy atom. The molecule has 0 radical (unpaired) electrons. The molecule has 1 nitrogen and oxygen atoms in total. The van der Waals surface area contributed by atoms with Crippen LogP contribution in [-0.4, -0.2) is 4.98 Å². The third-order valence-electron chi connectivity index (χ3n) is 3.77. The fourth-order valence-corrected chi connectivity index (χ4v) is 2.93. The number of H-pyrrole nitrogens is 1. The van der Waals surface area contributed by atoms with E-state index in [0.717, 1.165) is 5.92 Å². The van der Waals surface area contributed by atoms with E-state index in [1.165, 1.54) is 47.8 Å². The number of rotatable bonds is 1. The van der Waals surface area contributed by atoms with Gasteiger partial charge < -0.3 is 4.98 Å². The number of benzene rings is 1. The maximum atomic E-state index is 3.61. The predicted molar refractivity (Wildman–Crippen MR) is 64.2 cm³/mol. The van der Waals surface area contributed by atoms with Crippen molar-refractivity contribution in [2.24, 2.45) is 0 Å². The Balaban J connectivity index is 2.14. The highest BCUT2D eigenvalue weighted by Crippen LogP contribution is 2.37. The molecule has 1 fully saturated rings. The Morgan fingerprint density at radius 2 is 1.87 bits per heavy atom. The van der Waals surface area contributed by atoms with Crippen LogP contribution in [0.15, 0.2) is 24.3 Å². The molecule has 0 bridgehead atoms. The molecule has 3 rings (SSSR count). The second-order valence-corrected chi connectivity index (χ2v) is 4.69. The Labute approximate surface area is 90.5 Å². The smallest absolute Gasteiger partial charge is 0.0458 e. The van der Waals surface area contributed by atoms with Gasteiger partial charge in [0.15, 0.2) is 0 Å². The number of nitrogens with one attached hydrogen (secondary N) is 1. The summed E-state index contributed by atoms with van der Waals surface area (Å²) in [6, 6.07) is 8.64. The van der Waals surface area contributed by atoms with Gasteiger partial charge in [-0.2, -0.15) is 0 Å². The zero-order valence-corrected chi connectivity index (χ0v) is 9.22. The number of hydrogen-bond donors (Lipinski definition) is 1. The van der Waals surface area contributed by atoms with Crippen molar-refractivity contribution in [1.29, 1.82) is 0 Å². The van der Waals surface area contributed by atoms with Crippen molar-refractivity contribution in [3.63, 3.8) is 0 Å². The zero-order chi connectivity index (χ0) is 10.3. The van der Waals surface area contributed by atoms with Gasteiger partial charge in [-0.1, -0.05) is 31.0 Å². The van der Waals surface area contributed by atoms with Gasteiger partial charge in [-0.05, 0) is 37.3 Å². The molecule has 1 saturated carbocycles. The van der Waals surface area contributed by atoms with Gasteiger partial charge in [0.1, 0.15) is 0 Å². The number of fused-ring (bicyclic) bond motifs is 1. The number of aromatic nitrogens is 1. The van der Waals surface area contributed by atoms with E-state index in [9.17, 15) is 0 Å². The highest BCUT2D eigenvalue weighted by Gasteiger charge is 2.21. The average molecular weight is 199 g/mol. The van der Waals surface area contributed by atoms with Crippen molar-refractivity contribution in [3.8, 4) is 0 Å². The first-order valence-corrected chi connectivity index (χ1v) is 5.93. The molecule has 2 aromatic rings. The average Bonchev–Trinajstić information content (AvgIpc) is 2.87. The Kier molecular flexibility index (Phi) is 2.05. The lowest BCUT2D eigenvalue weighted by atomic mass is 10.00. The van der Waals surface area contributed by atoms with Crippen molar-refractivity contribution in [3.05, 3.63) is 35.5 Å². The lowest BCUT2D eigenvalue weighted by Crippen LogP contribution is -1.94. The third kappa shape index (κ3) is 1.38. The minimum Gasteiger partial charge on any atom is -0.358 e. The van der Waals surface area contributed by atoms with Crippen molar-refractivity contribution < 1.29 is 0 Å². The lowest BCUT2D eigenvalue weighted by Gasteiger charge is -2.07. The minimum atomic E-state index is 0.789. The fourth-order valence-electron chi connectivity index (χ4n) is 2.93. The van der Waals surface area contributed by atoms with Gasteiger partial charge in [0.2, 0.25) is 0 Å². The summed E-state index contributed by atoms with van der Waals surface area (Å²) in [6.07, 6.45) is 5.54. The van der Waals surface area contributed by atoms with E-state index < -0.39 is 0 Å². The maximum absolute atomic E-state index is 3.61. The Morgan fingerprint density at radius 1 is 1.13 bits per heavy atom. The SMILES string of the molecule is Cc1c(C2CCCC2)[nH]c2ccccc12. The number of hydrogen-bond acceptors (Lipinski definition) is 0. The van der Waals surface area contributed by atoms with Gasteiger partial charge in [-0.3, -0.25) is 0 Å². The molecule has 0 aliphatic heterocycles. The molecule has 1 aromatic heterocycles. The van der Waals surface area contributed by atoms with Gasteiger partial charge in [0.05, 0.1) is 0 Å². The number of para-hydroxylation sites is 1. The lowest BCUT2D eigenvalue weighted by molar-refractivity contribution is 0.700. The van der Waals surface area contributed by atoms with E-state index in [1.807, 2.05) is 0 Å². The summed E-state index contributed by atoms with van der Waals surface area (Å²) in [4.78, 5) is 3.61. The maximum Gasteiger partial charge on any atom is 0.0458 e. The van der Waals surface area contributed by atoms with Crippen molar-refractivity contribution in [1.82, 2.24) is 4.98 Å². The molecule has 1 aromatic carbocycles. The Hall–Kier alpha value is -1.24. The topological polar surface area (TPSA) is 15.8 Å². The van der Waals surface area contributed by atoms with Crippen molar-refractivity contribution in [2.75, 3.05) is 0 Å². The van der Waals surface area contributed by atoms with Gasteiger partial charge in [-0.15, -0.1) is 0 Å². The second-order valence-electron chi connectivity index (χ2n) is 4.69. The van der Waals surface area contributed by atoms with Crippen LogP contribution in [0.3, 0.4) is 0 Å². The predicted octanol–water partition coefficient (Wildman–Crippen LogP) is 4.13. The summed E-state index contributed by atoms with van der Waals surface area (Å²) < 4.78 is 0. The summed E-state index contributed by atoms with van der Waals surface area (Å²) in [5, 5.41) is 1.40. The molecule has 78 valence electrons. The van der Waals surface area contributed by atoms with E-state index >= 15 is 0 Å². The van der Waals surface area contributed by atoms with Crippen LogP contribution in [0.1, 0.15) is 42.9 Å². The summed E-state index contributed by atoms with van der Waals surface area (Å²) in [7, 11) is 0. The summed E-state index contributed by atoms with van der Waals surface area (Å²) in [5.41, 5.74) is 4.27. The van der Waals surface area contributed by atoms with Gasteiger partial charge >= 0.3 is 0 Å². The largest absolute Gasteiger partial charge is 0.358 e. The molecule has 1 heteroatoms. The quantitative estimate of drug-likeness (QED) is 0.710. The van der Waals surface area contributed by atoms with Gasteiger partial charge in [-0.25, -0.2) is 0 Å². The molecular weight excluding hydrogens is 182 g/mol. The molecule has 1 aliphatic rings. The van der Waals surface area contributed by atoms with Crippen LogP contribution < -0.4 is 0 Å². The van der Waals surface area contributed by atoms with Gasteiger partial charge in [0.25, 0.3) is 0 Å². The molecule has 0 atom stereocenters. The van der Waals surface area contributed by atoms with Crippen molar-refractivity contribution >= 4 is 10.9 Å². The number of aryl methyl sites for hydroxylation is 1. The summed E-state index contributed by atoms with van der Waals surface area (Å²) in [6.45, 7) is 2.26. The van der Waals surface area contributed by atoms with Crippen LogP contribution >= 0.6 is 0 Å². The van der Waals surface area contributed by atoms with Crippen LogP contribution in [0, 0.1) is 6.92 Å². The number of aromatic amines is 1. The first-order chi connectivity index (χ1) is 7.36. The van der Waals surface area contributed by atoms with E-state index in [4.69, 9.17) is 0 Å². The highest BCUT2D eigenvalue weighted by atomic mass is 14.7. The first-order valence-electron chi connectivity index (χ1n) is 5.93. The molecule has 0 spiro atoms. The Bertz CT molecular complexity index is 475. The first kappa shape index (κ1) is 9.02. The van der Waals surface area contributed by atoms with E-state index in [0.29, 0.717) is 0 Å². The van der Waals surface area contributed by atoms with E-state index in [-0.39, 0.29) is 0 Å². The van der Waals surface area contributed by atoms with E-state index in [1.54, 1.807) is 0 Å². The summed E-state index contributed by atoms with van der Waals surface area (Å²) in [5.74, 6) is 0.789. The van der Waals surface area contributed by atoms with Crippen LogP contribution in [0.4, 0.5) is 0 Å². The van der Waals surface area contributed by atoms with Gasteiger partial charge in [0, 0.05) is 16.6 Å². The molecule has 0 amide bonds. The standard InChI is InChI=1S/C14H17N/c1-10-12-8-4-5-9-13(12)15-14(10)11-6-2-3-7-11/h4-5,8-9,11,15H,2-3,6-7H2,1H3. The normalized spacial score (nSPS) is 17.7. The molecule has 1 heterocycles. The molecular formula is C14H17N. The molecule has 0 unspecified atom stereocenters. The highest BCUT2D eigenvalue weighted by molar-refractivity contribution is 5.84. The third-order valence-corrected chi connectivity index (χ3v) is 3.77. The fraction of sp³-hybridized carbons (Fsp3) is 0.429. The zero-order valence-electron chi connectivity index (χ0n) is 9.22. The minimum absolute atomic E-state index is 0.789. The van der Waals surface area contributed by atoms with Crippen LogP contribution in [-0.2, 0) is 0 Å². The molecule has 1 N–H and O–H groups in total. The van der Waals surface area contributed by atoms with Crippen LogP contribution in [0.2, 0.25) is 0 Å². The van der Waals surface area contributed by atoms with Crippen LogP contribution in [0.25, 0.3) is 10.9 Å². The molecule has 0 saturated heterocycles. The van der Waals surface area contributed by atoms with E-state index in [2.05, 4.69) is 36.2 Å². The molecule has 15 heavy (non-hydrogen) atoms. The molecule has 1 aliphatic carbocycles. The second kappa shape index (κ2) is 3.41. The van der Waals surface area contributed by atoms with Crippen LogP contribution in [0.5, 0.6) is 0 Å². The van der Waals surface area contributed by atoms with Crippen molar-refractivity contribution in [2.45, 2.75) is 38.5 Å². The monoisotopic (exact) mass is 199 g/mol. The summed E-state index contributed by atoms with van der Waals surface area (Å²) >= 11 is 0.